The predicted octanol–water partition coefficient (Wildman–Crippen LogP) is 0.551. The van der Waals surface area contributed by atoms with Crippen LogP contribution in [0, 0.1) is 5.92 Å². The van der Waals surface area contributed by atoms with E-state index in [2.05, 4.69) is 10.1 Å². The SMILES string of the molecule is COCC1=C(C(=O)O)N2C(=O)[C@@H](CC(=O)/C(=N\OC)c3csc(N)n3)[C@H]2SC1. The number of Topliss-reactive ketones (excluding diaryl/α,β-unsaturated/α-hetero) is 1. The van der Waals surface area contributed by atoms with E-state index in [9.17, 15) is 19.5 Å². The molecule has 0 unspecified atom stereocenters. The minimum atomic E-state index is -1.19. The van der Waals surface area contributed by atoms with Crippen LogP contribution in [0.4, 0.5) is 5.13 Å². The van der Waals surface area contributed by atoms with Crippen molar-refractivity contribution in [1.29, 1.82) is 0 Å². The van der Waals surface area contributed by atoms with Crippen LogP contribution in [0.15, 0.2) is 21.8 Å². The predicted molar refractivity (Wildman–Crippen MR) is 103 cm³/mol. The molecule has 150 valence electrons. The summed E-state index contributed by atoms with van der Waals surface area (Å²) in [6, 6.07) is 0. The fourth-order valence-electron chi connectivity index (χ4n) is 3.13. The molecule has 0 saturated carbocycles. The Bertz CT molecular complexity index is 880. The van der Waals surface area contributed by atoms with Gasteiger partial charge in [0.1, 0.15) is 18.5 Å². The van der Waals surface area contributed by atoms with E-state index in [0.29, 0.717) is 11.3 Å². The average molecular weight is 426 g/mol. The lowest BCUT2D eigenvalue weighted by atomic mass is 9.89. The van der Waals surface area contributed by atoms with E-state index >= 15 is 0 Å². The Morgan fingerprint density at radius 3 is 2.79 bits per heavy atom. The molecule has 0 radical (unpaired) electrons. The highest BCUT2D eigenvalue weighted by molar-refractivity contribution is 8.00. The Morgan fingerprint density at radius 2 is 2.21 bits per heavy atom. The molecular weight excluding hydrogens is 408 g/mol. The van der Waals surface area contributed by atoms with Crippen molar-refractivity contribution in [3.05, 3.63) is 22.3 Å². The molecule has 0 aliphatic carbocycles. The monoisotopic (exact) mass is 426 g/mol. The standard InChI is InChI=1S/C16H18N4O6S2/c1-25-4-7-5-27-14-8(13(22)20(14)12(7)15(23)24)3-10(21)11(19-26-2)9-6-28-16(17)18-9/h6,8,14H,3-5H2,1-2H3,(H2,17,18)(H,23,24)/b19-11-/t8-,14-/m1/s1. The highest BCUT2D eigenvalue weighted by Crippen LogP contribution is 2.45. The van der Waals surface area contributed by atoms with Crippen LogP contribution in [-0.4, -0.2) is 70.3 Å². The minimum absolute atomic E-state index is 0.0171. The van der Waals surface area contributed by atoms with Gasteiger partial charge in [0.15, 0.2) is 16.6 Å². The van der Waals surface area contributed by atoms with Gasteiger partial charge in [-0.15, -0.1) is 23.1 Å². The third-order valence-corrected chi connectivity index (χ3v) is 6.37. The zero-order valence-corrected chi connectivity index (χ0v) is 16.7. The van der Waals surface area contributed by atoms with E-state index in [4.69, 9.17) is 15.3 Å². The van der Waals surface area contributed by atoms with E-state index in [1.807, 2.05) is 0 Å². The van der Waals surface area contributed by atoms with Gasteiger partial charge in [-0.1, -0.05) is 5.16 Å². The van der Waals surface area contributed by atoms with Gasteiger partial charge in [-0.05, 0) is 5.57 Å². The molecule has 1 saturated heterocycles. The molecule has 0 aromatic carbocycles. The number of carbonyl (C=O) groups excluding carboxylic acids is 2. The largest absolute Gasteiger partial charge is 0.477 e. The summed E-state index contributed by atoms with van der Waals surface area (Å²) >= 11 is 2.57. The molecule has 2 atom stereocenters. The highest BCUT2D eigenvalue weighted by Gasteiger charge is 2.54. The smallest absolute Gasteiger partial charge is 0.352 e. The number of methoxy groups -OCH3 is 1. The normalized spacial score (nSPS) is 22.0. The van der Waals surface area contributed by atoms with Gasteiger partial charge in [-0.25, -0.2) is 9.78 Å². The number of oxime groups is 1. The lowest BCUT2D eigenvalue weighted by Gasteiger charge is -2.49. The molecule has 2 aliphatic heterocycles. The molecule has 2 aliphatic rings. The van der Waals surface area contributed by atoms with Gasteiger partial charge in [-0.2, -0.15) is 0 Å². The summed E-state index contributed by atoms with van der Waals surface area (Å²) in [5.74, 6) is -2.25. The first-order valence-corrected chi connectivity index (χ1v) is 10.1. The van der Waals surface area contributed by atoms with Gasteiger partial charge in [0.05, 0.1) is 17.9 Å². The van der Waals surface area contributed by atoms with Gasteiger partial charge >= 0.3 is 5.97 Å². The van der Waals surface area contributed by atoms with Crippen molar-refractivity contribution in [3.63, 3.8) is 0 Å². The van der Waals surface area contributed by atoms with Crippen molar-refractivity contribution in [3.8, 4) is 0 Å². The van der Waals surface area contributed by atoms with Gasteiger partial charge in [-0.3, -0.25) is 14.5 Å². The number of carboxylic acids is 1. The number of carbonyl (C=O) groups is 3. The molecule has 12 heteroatoms. The highest BCUT2D eigenvalue weighted by atomic mass is 32.2. The van der Waals surface area contributed by atoms with Gasteiger partial charge in [0, 0.05) is 24.7 Å². The van der Waals surface area contributed by atoms with Gasteiger partial charge < -0.3 is 20.4 Å². The number of β-lactam (4-membered cyclic amide) rings is 1. The molecule has 1 aromatic heterocycles. The van der Waals surface area contributed by atoms with E-state index in [1.54, 1.807) is 5.38 Å². The Morgan fingerprint density at radius 1 is 1.46 bits per heavy atom. The number of nitrogens with zero attached hydrogens (tertiary/aromatic N) is 3. The lowest BCUT2D eigenvalue weighted by Crippen LogP contribution is -2.62. The van der Waals surface area contributed by atoms with Gasteiger partial charge in [0.2, 0.25) is 5.91 Å². The number of ether oxygens (including phenoxy) is 1. The van der Waals surface area contributed by atoms with Gasteiger partial charge in [0.25, 0.3) is 0 Å². The number of ketones is 1. The molecule has 0 bridgehead atoms. The van der Waals surface area contributed by atoms with E-state index in [0.717, 1.165) is 11.3 Å². The summed E-state index contributed by atoms with van der Waals surface area (Å²) < 4.78 is 5.03. The third-order valence-electron chi connectivity index (χ3n) is 4.30. The summed E-state index contributed by atoms with van der Waals surface area (Å²) in [6.45, 7) is 0.130. The van der Waals surface area contributed by atoms with E-state index < -0.39 is 29.0 Å². The number of thioether (sulfide) groups is 1. The summed E-state index contributed by atoms with van der Waals surface area (Å²) in [5.41, 5.74) is 6.35. The second-order valence-corrected chi connectivity index (χ2v) is 8.02. The zero-order chi connectivity index (χ0) is 20.4. The Balaban J connectivity index is 1.78. The number of rotatable bonds is 8. The maximum Gasteiger partial charge on any atom is 0.352 e. The maximum atomic E-state index is 12.7. The number of fused-ring (bicyclic) bond motifs is 1. The molecule has 3 heterocycles. The molecule has 28 heavy (non-hydrogen) atoms. The maximum absolute atomic E-state index is 12.7. The van der Waals surface area contributed by atoms with Crippen LogP contribution < -0.4 is 5.73 Å². The molecule has 1 fully saturated rings. The number of aromatic nitrogens is 1. The first-order chi connectivity index (χ1) is 13.4. The first-order valence-electron chi connectivity index (χ1n) is 8.13. The second kappa shape index (κ2) is 8.29. The van der Waals surface area contributed by atoms with E-state index in [-0.39, 0.29) is 35.3 Å². The Kier molecular flexibility index (Phi) is 6.01. The fourth-order valence-corrected chi connectivity index (χ4v) is 5.07. The van der Waals surface area contributed by atoms with E-state index in [1.165, 1.54) is 30.9 Å². The number of thiazole rings is 1. The topological polar surface area (TPSA) is 144 Å². The number of nitrogen functional groups attached to an aromatic ring is 1. The number of hydrogen-bond donors (Lipinski definition) is 2. The minimum Gasteiger partial charge on any atom is -0.477 e. The average Bonchev–Trinajstić information content (AvgIpc) is 3.09. The van der Waals surface area contributed by atoms with Crippen LogP contribution >= 0.6 is 23.1 Å². The number of aliphatic carboxylic acids is 1. The quantitative estimate of drug-likeness (QED) is 0.346. The van der Waals surface area contributed by atoms with Crippen LogP contribution in [-0.2, 0) is 24.0 Å². The molecule has 1 amide bonds. The Hall–Kier alpha value is -2.44. The molecule has 3 rings (SSSR count). The summed E-state index contributed by atoms with van der Waals surface area (Å²) in [7, 11) is 2.77. The number of amides is 1. The van der Waals surface area contributed by atoms with Crippen molar-refractivity contribution in [2.24, 2.45) is 11.1 Å². The number of carboxylic acid groups (broad SMARTS) is 1. The first kappa shape index (κ1) is 20.3. The van der Waals surface area contributed by atoms with Crippen LogP contribution in [0.5, 0.6) is 0 Å². The number of hydrogen-bond acceptors (Lipinski definition) is 10. The molecule has 3 N–H and O–H groups in total. The molecule has 10 nitrogen and oxygen atoms in total. The van der Waals surface area contributed by atoms with Crippen molar-refractivity contribution < 1.29 is 29.1 Å². The summed E-state index contributed by atoms with van der Waals surface area (Å²) in [5, 5.41) is 14.7. The number of nitrogens with two attached hydrogens (primary N) is 1. The second-order valence-electron chi connectivity index (χ2n) is 6.03. The Labute approximate surface area is 168 Å². The molecular formula is C16H18N4O6S2. The van der Waals surface area contributed by atoms with Crippen LogP contribution in [0.2, 0.25) is 0 Å². The summed E-state index contributed by atoms with van der Waals surface area (Å²) in [4.78, 5) is 47.0. The summed E-state index contributed by atoms with van der Waals surface area (Å²) in [6.07, 6.45) is -0.126. The van der Waals surface area contributed by atoms with Crippen molar-refractivity contribution >= 4 is 51.6 Å². The molecule has 1 aromatic rings. The number of anilines is 1. The van der Waals surface area contributed by atoms with Crippen LogP contribution in [0.1, 0.15) is 12.1 Å². The fraction of sp³-hybridized carbons (Fsp3) is 0.438. The van der Waals surface area contributed by atoms with Crippen LogP contribution in [0.3, 0.4) is 0 Å². The molecule has 0 spiro atoms. The third kappa shape index (κ3) is 3.62. The van der Waals surface area contributed by atoms with Crippen molar-refractivity contribution in [2.75, 3.05) is 32.3 Å². The lowest BCUT2D eigenvalue weighted by molar-refractivity contribution is -0.153. The van der Waals surface area contributed by atoms with Crippen molar-refractivity contribution in [1.82, 2.24) is 9.88 Å². The van der Waals surface area contributed by atoms with Crippen LogP contribution in [0.25, 0.3) is 0 Å². The zero-order valence-electron chi connectivity index (χ0n) is 15.1. The van der Waals surface area contributed by atoms with Crippen molar-refractivity contribution in [2.45, 2.75) is 11.8 Å².